The second kappa shape index (κ2) is 13.4. The zero-order valence-corrected chi connectivity index (χ0v) is 24.0. The van der Waals surface area contributed by atoms with Crippen LogP contribution in [0.15, 0.2) is 42.5 Å². The zero-order chi connectivity index (χ0) is 29.1. The van der Waals surface area contributed by atoms with Gasteiger partial charge >= 0.3 is 6.18 Å². The van der Waals surface area contributed by atoms with Gasteiger partial charge in [0.05, 0.1) is 17.6 Å². The van der Waals surface area contributed by atoms with E-state index in [1.807, 2.05) is 0 Å². The Bertz CT molecular complexity index is 1180. The molecule has 1 N–H and O–H groups in total. The molecule has 0 amide bonds. The molecule has 2 saturated heterocycles. The summed E-state index contributed by atoms with van der Waals surface area (Å²) < 4.78 is 46.0. The largest absolute Gasteiger partial charge is 0.423 e. The minimum absolute atomic E-state index is 0. The number of likely N-dealkylation sites (tertiary alicyclic amines) is 1. The first-order valence-corrected chi connectivity index (χ1v) is 14.1. The van der Waals surface area contributed by atoms with Gasteiger partial charge in [0.25, 0.3) is 5.69 Å². The van der Waals surface area contributed by atoms with E-state index in [2.05, 4.69) is 60.2 Å². The molecule has 2 aliphatic rings. The molecule has 7 nitrogen and oxygen atoms in total. The third kappa shape index (κ3) is 8.54. The summed E-state index contributed by atoms with van der Waals surface area (Å²) in [5.74, 6) is 0. The van der Waals surface area contributed by atoms with Gasteiger partial charge in [0.15, 0.2) is 0 Å². The van der Waals surface area contributed by atoms with Crippen LogP contribution in [0.25, 0.3) is 0 Å². The number of nitrogens with zero attached hydrogens (tertiary/aromatic N) is 3. The van der Waals surface area contributed by atoms with Crippen molar-refractivity contribution in [3.8, 4) is 0 Å². The second-order valence-electron chi connectivity index (χ2n) is 11.6. The van der Waals surface area contributed by atoms with Gasteiger partial charge in [-0.3, -0.25) is 10.1 Å². The molecule has 0 spiro atoms. The maximum atomic E-state index is 13.3. The lowest BCUT2D eigenvalue weighted by molar-refractivity contribution is -0.388. The summed E-state index contributed by atoms with van der Waals surface area (Å²) >= 11 is 5.63. The number of benzene rings is 2. The van der Waals surface area contributed by atoms with Crippen molar-refractivity contribution in [2.45, 2.75) is 77.6 Å². The van der Waals surface area contributed by atoms with E-state index in [1.165, 1.54) is 17.3 Å². The van der Waals surface area contributed by atoms with Crippen molar-refractivity contribution in [1.82, 2.24) is 4.90 Å². The Kier molecular flexibility index (Phi) is 10.6. The number of anilines is 2. The molecule has 41 heavy (non-hydrogen) atoms. The molecule has 0 saturated carbocycles. The maximum absolute atomic E-state index is 13.3. The number of rotatable bonds is 7. The Morgan fingerprint density at radius 1 is 1.02 bits per heavy atom. The van der Waals surface area contributed by atoms with E-state index in [0.717, 1.165) is 43.1 Å². The van der Waals surface area contributed by atoms with Gasteiger partial charge < -0.3 is 19.9 Å². The fourth-order valence-corrected chi connectivity index (χ4v) is 5.50. The topological polar surface area (TPSA) is 70.9 Å². The van der Waals surface area contributed by atoms with Crippen molar-refractivity contribution in [1.29, 1.82) is 0 Å². The number of hydrogen-bond donors (Lipinski definition) is 1. The quantitative estimate of drug-likeness (QED) is 0.203. The highest BCUT2D eigenvalue weighted by molar-refractivity contribution is 7.80. The third-order valence-electron chi connectivity index (χ3n) is 7.70. The summed E-state index contributed by atoms with van der Waals surface area (Å²) in [7, 11) is 0. The average Bonchev–Trinajstić information content (AvgIpc) is 2.91. The van der Waals surface area contributed by atoms with Crippen LogP contribution in [0.3, 0.4) is 0 Å². The lowest BCUT2D eigenvalue weighted by atomic mass is 9.87. The number of alkyl halides is 3. The molecule has 4 rings (SSSR count). The number of piperidine rings is 2. The molecule has 2 fully saturated rings. The number of nitro benzene ring substituents is 1. The highest BCUT2D eigenvalue weighted by Crippen LogP contribution is 2.38. The molecule has 2 heterocycles. The van der Waals surface area contributed by atoms with Crippen LogP contribution in [0.5, 0.6) is 0 Å². The van der Waals surface area contributed by atoms with E-state index in [4.69, 9.17) is 17.0 Å². The summed E-state index contributed by atoms with van der Waals surface area (Å²) in [6, 6.07) is 11.8. The number of hydrogen-bond acceptors (Lipinski definition) is 6. The molecule has 0 atom stereocenters. The summed E-state index contributed by atoms with van der Waals surface area (Å²) in [6.45, 7) is 10.2. The van der Waals surface area contributed by atoms with Crippen LogP contribution in [0, 0.1) is 10.1 Å². The molecule has 2 aromatic rings. The Morgan fingerprint density at radius 3 is 2.17 bits per heavy atom. The van der Waals surface area contributed by atoms with Crippen molar-refractivity contribution < 1.29 is 22.8 Å². The van der Waals surface area contributed by atoms with Crippen molar-refractivity contribution >= 4 is 34.3 Å². The Hall–Kier alpha value is -2.92. The molecule has 0 radical (unpaired) electrons. The van der Waals surface area contributed by atoms with Gasteiger partial charge in [-0.05, 0) is 60.9 Å². The molecule has 2 aliphatic heterocycles. The first kappa shape index (κ1) is 32.6. The molecule has 2 aromatic carbocycles. The van der Waals surface area contributed by atoms with Crippen LogP contribution in [0.1, 0.15) is 65.0 Å². The standard InChI is InChI=1S/C29H37F3N4O3S.CH4/c1-28(2,3)20-4-7-23(8-5-20)34-16-12-24(13-17-34)39-19-27(40)35-14-10-21(11-15-35)33-22-6-9-26(36(37)38)25(18-22)29(30,31)32;/h4-9,18,21,24,33H,10-17,19H2,1-3H3;1H4. The van der Waals surface area contributed by atoms with Crippen LogP contribution in [0.2, 0.25) is 0 Å². The Balaban J connectivity index is 0.00000462. The highest BCUT2D eigenvalue weighted by Gasteiger charge is 2.38. The highest BCUT2D eigenvalue weighted by atomic mass is 32.1. The van der Waals surface area contributed by atoms with Gasteiger partial charge in [0.1, 0.15) is 10.6 Å². The maximum Gasteiger partial charge on any atom is 0.423 e. The van der Waals surface area contributed by atoms with Crippen LogP contribution < -0.4 is 10.2 Å². The number of nitro groups is 1. The first-order valence-electron chi connectivity index (χ1n) is 13.7. The lowest BCUT2D eigenvalue weighted by Gasteiger charge is -2.36. The monoisotopic (exact) mass is 594 g/mol. The minimum atomic E-state index is -4.80. The molecular formula is C30H41F3N4O3S. The van der Waals surface area contributed by atoms with Gasteiger partial charge in [-0.2, -0.15) is 13.2 Å². The summed E-state index contributed by atoms with van der Waals surface area (Å²) in [6.07, 6.45) is -1.40. The summed E-state index contributed by atoms with van der Waals surface area (Å²) in [5, 5.41) is 14.1. The van der Waals surface area contributed by atoms with Crippen molar-refractivity contribution in [2.75, 3.05) is 43.0 Å². The zero-order valence-electron chi connectivity index (χ0n) is 23.2. The lowest BCUT2D eigenvalue weighted by Crippen LogP contribution is -2.44. The molecule has 11 heteroatoms. The molecule has 0 aromatic heterocycles. The van der Waals surface area contributed by atoms with E-state index in [9.17, 15) is 23.3 Å². The molecule has 226 valence electrons. The third-order valence-corrected chi connectivity index (χ3v) is 8.08. The van der Waals surface area contributed by atoms with Gasteiger partial charge in [-0.1, -0.05) is 52.5 Å². The van der Waals surface area contributed by atoms with Crippen molar-refractivity contribution in [3.05, 3.63) is 63.7 Å². The number of ether oxygens (including phenoxy) is 1. The van der Waals surface area contributed by atoms with E-state index >= 15 is 0 Å². The van der Waals surface area contributed by atoms with Gasteiger partial charge in [0, 0.05) is 49.7 Å². The fourth-order valence-electron chi connectivity index (χ4n) is 5.25. The molecule has 0 unspecified atom stereocenters. The van der Waals surface area contributed by atoms with Crippen LogP contribution in [0.4, 0.5) is 30.2 Å². The Morgan fingerprint density at radius 2 is 1.63 bits per heavy atom. The van der Waals surface area contributed by atoms with Crippen LogP contribution >= 0.6 is 12.2 Å². The number of thiocarbonyl (C=S) groups is 1. The van der Waals surface area contributed by atoms with E-state index in [0.29, 0.717) is 32.5 Å². The van der Waals surface area contributed by atoms with Crippen molar-refractivity contribution in [2.24, 2.45) is 0 Å². The SMILES string of the molecule is C.CC(C)(C)c1ccc(N2CCC(OCC(=S)N3CCC(Nc4ccc([N+](=O)[O-])c(C(F)(F)F)c4)CC3)CC2)cc1. The summed E-state index contributed by atoms with van der Waals surface area (Å²) in [5.41, 5.74) is 0.726. The van der Waals surface area contributed by atoms with E-state index in [1.54, 1.807) is 0 Å². The molecule has 0 bridgehead atoms. The number of halogens is 3. The van der Waals surface area contributed by atoms with Gasteiger partial charge in [-0.25, -0.2) is 0 Å². The number of nitrogens with one attached hydrogen (secondary N) is 1. The molecular weight excluding hydrogens is 553 g/mol. The first-order chi connectivity index (χ1) is 18.8. The van der Waals surface area contributed by atoms with E-state index < -0.39 is 22.4 Å². The van der Waals surface area contributed by atoms with Crippen molar-refractivity contribution in [3.63, 3.8) is 0 Å². The van der Waals surface area contributed by atoms with Crippen LogP contribution in [-0.4, -0.2) is 59.7 Å². The summed E-state index contributed by atoms with van der Waals surface area (Å²) in [4.78, 5) is 15.2. The smallest absolute Gasteiger partial charge is 0.382 e. The fraction of sp³-hybridized carbons (Fsp3) is 0.567. The van der Waals surface area contributed by atoms with E-state index in [-0.39, 0.29) is 30.7 Å². The predicted octanol–water partition coefficient (Wildman–Crippen LogP) is 7.44. The second-order valence-corrected chi connectivity index (χ2v) is 12.1. The minimum Gasteiger partial charge on any atom is -0.382 e. The molecule has 0 aliphatic carbocycles. The van der Waals surface area contributed by atoms with Gasteiger partial charge in [0.2, 0.25) is 0 Å². The Labute approximate surface area is 246 Å². The van der Waals surface area contributed by atoms with Gasteiger partial charge in [-0.15, -0.1) is 0 Å². The van der Waals surface area contributed by atoms with Crippen LogP contribution in [-0.2, 0) is 16.3 Å². The predicted molar refractivity (Wildman–Crippen MR) is 162 cm³/mol. The average molecular weight is 595 g/mol. The normalized spacial score (nSPS) is 17.2.